The van der Waals surface area contributed by atoms with Crippen LogP contribution >= 0.6 is 23.4 Å². The fraction of sp³-hybridized carbons (Fsp3) is 0.500. The highest BCUT2D eigenvalue weighted by Gasteiger charge is 2.41. The summed E-state index contributed by atoms with van der Waals surface area (Å²) in [5, 5.41) is 2.75. The monoisotopic (exact) mass is 378 g/mol. The van der Waals surface area contributed by atoms with Gasteiger partial charge in [-0.25, -0.2) is 12.8 Å². The second-order valence-electron chi connectivity index (χ2n) is 5.67. The van der Waals surface area contributed by atoms with Gasteiger partial charge in [-0.1, -0.05) is 11.6 Å². The second kappa shape index (κ2) is 6.58. The van der Waals surface area contributed by atoms with E-state index in [1.54, 1.807) is 0 Å². The Hall–Kier alpha value is -0.830. The van der Waals surface area contributed by atoms with E-state index in [4.69, 9.17) is 11.6 Å². The summed E-state index contributed by atoms with van der Waals surface area (Å²) in [6.07, 6.45) is 2.20. The van der Waals surface area contributed by atoms with Gasteiger partial charge < -0.3 is 5.32 Å². The Kier molecular flexibility index (Phi) is 4.87. The molecular formula is C14H16ClFN2O3S2. The number of amides is 1. The number of hydrogen-bond acceptors (Lipinski definition) is 4. The Morgan fingerprint density at radius 2 is 2.17 bits per heavy atom. The first kappa shape index (κ1) is 17.0. The molecule has 1 atom stereocenters. The molecule has 0 spiro atoms. The third-order valence-corrected chi connectivity index (χ3v) is 7.40. The van der Waals surface area contributed by atoms with E-state index in [1.807, 2.05) is 0 Å². The molecule has 1 N–H and O–H groups in total. The molecule has 1 heterocycles. The van der Waals surface area contributed by atoms with E-state index in [0.29, 0.717) is 18.2 Å². The number of sulfonamides is 1. The van der Waals surface area contributed by atoms with Crippen LogP contribution in [0.1, 0.15) is 12.8 Å². The first-order valence-electron chi connectivity index (χ1n) is 7.22. The molecule has 2 aliphatic rings. The van der Waals surface area contributed by atoms with Crippen LogP contribution in [0.5, 0.6) is 0 Å². The van der Waals surface area contributed by atoms with Gasteiger partial charge in [-0.05, 0) is 37.0 Å². The number of hydrogen-bond donors (Lipinski definition) is 1. The van der Waals surface area contributed by atoms with Crippen molar-refractivity contribution < 1.29 is 17.6 Å². The molecule has 1 aromatic rings. The molecule has 1 aromatic carbocycles. The highest BCUT2D eigenvalue weighted by Crippen LogP contribution is 2.32. The van der Waals surface area contributed by atoms with Crippen molar-refractivity contribution in [2.24, 2.45) is 5.92 Å². The smallest absolute Gasteiger partial charge is 0.246 e. The first-order chi connectivity index (χ1) is 10.9. The first-order valence-corrected chi connectivity index (χ1v) is 10.2. The Balaban J connectivity index is 1.82. The van der Waals surface area contributed by atoms with E-state index >= 15 is 0 Å². The molecule has 5 nitrogen and oxygen atoms in total. The van der Waals surface area contributed by atoms with E-state index in [-0.39, 0.29) is 21.7 Å². The van der Waals surface area contributed by atoms with Gasteiger partial charge >= 0.3 is 0 Å². The van der Waals surface area contributed by atoms with Crippen LogP contribution in [0, 0.1) is 11.7 Å². The topological polar surface area (TPSA) is 66.5 Å². The summed E-state index contributed by atoms with van der Waals surface area (Å²) < 4.78 is 40.0. The van der Waals surface area contributed by atoms with Crippen molar-refractivity contribution in [2.75, 3.05) is 18.2 Å². The van der Waals surface area contributed by atoms with Crippen molar-refractivity contribution in [2.45, 2.75) is 23.8 Å². The molecule has 2 fully saturated rings. The summed E-state index contributed by atoms with van der Waals surface area (Å²) in [7, 11) is -4.03. The summed E-state index contributed by atoms with van der Waals surface area (Å²) in [4.78, 5) is 12.0. The molecule has 3 rings (SSSR count). The number of nitrogens with one attached hydrogen (secondary N) is 1. The average molecular weight is 379 g/mol. The Morgan fingerprint density at radius 3 is 2.87 bits per heavy atom. The maximum atomic E-state index is 13.4. The number of halogens is 2. The third-order valence-electron chi connectivity index (χ3n) is 3.89. The molecule has 1 saturated heterocycles. The number of carbonyl (C=O) groups excluding carboxylic acids is 1. The van der Waals surface area contributed by atoms with Crippen LogP contribution in [0.4, 0.5) is 4.39 Å². The van der Waals surface area contributed by atoms with Crippen molar-refractivity contribution >= 4 is 39.3 Å². The molecule has 1 aliphatic carbocycles. The summed E-state index contributed by atoms with van der Waals surface area (Å²) >= 11 is 7.27. The predicted molar refractivity (Wildman–Crippen MR) is 87.3 cm³/mol. The normalized spacial score (nSPS) is 22.3. The Labute approximate surface area is 143 Å². The quantitative estimate of drug-likeness (QED) is 0.851. The summed E-state index contributed by atoms with van der Waals surface area (Å²) in [5.74, 6) is 0.0441. The van der Waals surface area contributed by atoms with Gasteiger partial charge in [0.1, 0.15) is 16.8 Å². The van der Waals surface area contributed by atoms with Crippen LogP contribution in [-0.2, 0) is 14.8 Å². The molecule has 9 heteroatoms. The van der Waals surface area contributed by atoms with Gasteiger partial charge in [0.15, 0.2) is 0 Å². The van der Waals surface area contributed by atoms with Gasteiger partial charge in [0.2, 0.25) is 15.9 Å². The lowest BCUT2D eigenvalue weighted by Crippen LogP contribution is -2.47. The predicted octanol–water partition coefficient (Wildman–Crippen LogP) is 2.07. The van der Waals surface area contributed by atoms with E-state index in [2.05, 4.69) is 5.32 Å². The second-order valence-corrected chi connectivity index (χ2v) is 8.94. The largest absolute Gasteiger partial charge is 0.354 e. The number of rotatable bonds is 5. The van der Waals surface area contributed by atoms with Gasteiger partial charge in [-0.15, -0.1) is 11.8 Å². The van der Waals surface area contributed by atoms with Crippen molar-refractivity contribution in [1.29, 1.82) is 0 Å². The van der Waals surface area contributed by atoms with Crippen molar-refractivity contribution in [1.82, 2.24) is 9.62 Å². The lowest BCUT2D eigenvalue weighted by Gasteiger charge is -2.23. The standard InChI is InChI=1S/C14H16ClFN2O3S2/c15-11-4-3-10(16)5-13(11)23(20,21)18-8-22-7-12(18)14(19)17-6-9-1-2-9/h3-5,9,12H,1-2,6-8H2,(H,17,19)/t12-/m1/s1. The van der Waals surface area contributed by atoms with E-state index in [9.17, 15) is 17.6 Å². The highest BCUT2D eigenvalue weighted by atomic mass is 35.5. The number of carbonyl (C=O) groups is 1. The SMILES string of the molecule is O=C(NCC1CC1)[C@H]1CSCN1S(=O)(=O)c1cc(F)ccc1Cl. The fourth-order valence-electron chi connectivity index (χ4n) is 2.36. The molecular weight excluding hydrogens is 363 g/mol. The van der Waals surface area contributed by atoms with Crippen molar-refractivity contribution in [3.63, 3.8) is 0 Å². The lowest BCUT2D eigenvalue weighted by atomic mass is 10.3. The zero-order chi connectivity index (χ0) is 16.6. The van der Waals surface area contributed by atoms with Crippen LogP contribution in [0.15, 0.2) is 23.1 Å². The minimum atomic E-state index is -4.03. The van der Waals surface area contributed by atoms with E-state index < -0.39 is 21.9 Å². The van der Waals surface area contributed by atoms with E-state index in [1.165, 1.54) is 17.8 Å². The zero-order valence-corrected chi connectivity index (χ0v) is 14.6. The highest BCUT2D eigenvalue weighted by molar-refractivity contribution is 8.00. The molecule has 0 aromatic heterocycles. The Morgan fingerprint density at radius 1 is 1.43 bits per heavy atom. The van der Waals surface area contributed by atoms with Gasteiger partial charge in [0.25, 0.3) is 0 Å². The molecule has 0 unspecified atom stereocenters. The molecule has 0 radical (unpaired) electrons. The fourth-order valence-corrected chi connectivity index (χ4v) is 5.99. The summed E-state index contributed by atoms with van der Waals surface area (Å²) in [5.41, 5.74) is 0. The maximum Gasteiger partial charge on any atom is 0.246 e. The summed E-state index contributed by atoms with van der Waals surface area (Å²) in [6.45, 7) is 0.578. The van der Waals surface area contributed by atoms with E-state index in [0.717, 1.165) is 29.3 Å². The third kappa shape index (κ3) is 3.65. The average Bonchev–Trinajstić information content (AvgIpc) is 3.20. The van der Waals surface area contributed by atoms with Gasteiger partial charge in [0.05, 0.1) is 10.9 Å². The summed E-state index contributed by atoms with van der Waals surface area (Å²) in [6, 6.07) is 2.40. The van der Waals surface area contributed by atoms with Gasteiger partial charge in [0, 0.05) is 12.3 Å². The Bertz CT molecular complexity index is 725. The maximum absolute atomic E-state index is 13.4. The molecule has 1 aliphatic heterocycles. The molecule has 126 valence electrons. The van der Waals surface area contributed by atoms with Crippen LogP contribution < -0.4 is 5.32 Å². The minimum absolute atomic E-state index is 0.0551. The minimum Gasteiger partial charge on any atom is -0.354 e. The van der Waals surface area contributed by atoms with Crippen LogP contribution in [-0.4, -0.2) is 42.8 Å². The van der Waals surface area contributed by atoms with Crippen molar-refractivity contribution in [3.8, 4) is 0 Å². The van der Waals surface area contributed by atoms with Crippen LogP contribution in [0.25, 0.3) is 0 Å². The van der Waals surface area contributed by atoms with Gasteiger partial charge in [-0.3, -0.25) is 4.79 Å². The van der Waals surface area contributed by atoms with Crippen LogP contribution in [0.2, 0.25) is 5.02 Å². The molecule has 1 saturated carbocycles. The zero-order valence-electron chi connectivity index (χ0n) is 12.2. The van der Waals surface area contributed by atoms with Crippen molar-refractivity contribution in [3.05, 3.63) is 29.0 Å². The molecule has 1 amide bonds. The molecule has 0 bridgehead atoms. The number of nitrogens with zero attached hydrogens (tertiary/aromatic N) is 1. The van der Waals surface area contributed by atoms with Crippen LogP contribution in [0.3, 0.4) is 0 Å². The number of thioether (sulfide) groups is 1. The molecule has 23 heavy (non-hydrogen) atoms. The number of benzene rings is 1. The van der Waals surface area contributed by atoms with Gasteiger partial charge in [-0.2, -0.15) is 4.31 Å². The lowest BCUT2D eigenvalue weighted by molar-refractivity contribution is -0.123.